The van der Waals surface area contributed by atoms with Gasteiger partial charge in [0, 0.05) is 16.8 Å². The minimum Gasteiger partial charge on any atom is -0.496 e. The van der Waals surface area contributed by atoms with Gasteiger partial charge < -0.3 is 15.8 Å². The van der Waals surface area contributed by atoms with E-state index in [1.165, 1.54) is 7.11 Å². The number of fused-ring (bicyclic) bond motifs is 3. The molecule has 0 saturated carbocycles. The van der Waals surface area contributed by atoms with Gasteiger partial charge in [-0.05, 0) is 43.2 Å². The second-order valence-electron chi connectivity index (χ2n) is 8.34. The molecule has 0 radical (unpaired) electrons. The zero-order chi connectivity index (χ0) is 24.4. The molecule has 3 aromatic rings. The minimum absolute atomic E-state index is 0.0426. The van der Waals surface area contributed by atoms with E-state index in [-0.39, 0.29) is 18.2 Å². The highest BCUT2D eigenvalue weighted by Gasteiger charge is 2.37. The van der Waals surface area contributed by atoms with Crippen LogP contribution in [0.25, 0.3) is 11.1 Å². The highest BCUT2D eigenvalue weighted by atomic mass is 16.5. The largest absolute Gasteiger partial charge is 0.496 e. The molecule has 7 heteroatoms. The molecule has 0 fully saturated rings. The molecule has 1 heterocycles. The Morgan fingerprint density at radius 3 is 2.53 bits per heavy atom. The molecule has 0 aromatic heterocycles. The number of carbonyl (C=O) groups is 3. The summed E-state index contributed by atoms with van der Waals surface area (Å²) in [6.07, 6.45) is 0.0426. The van der Waals surface area contributed by atoms with Gasteiger partial charge in [0.25, 0.3) is 5.91 Å². The lowest BCUT2D eigenvalue weighted by atomic mass is 9.92. The molecule has 0 aliphatic carbocycles. The van der Waals surface area contributed by atoms with Crippen LogP contribution in [-0.2, 0) is 20.8 Å². The number of nitrogens with zero attached hydrogens (tertiary/aromatic N) is 1. The quantitative estimate of drug-likeness (QED) is 0.569. The molecular weight excluding hydrogens is 430 g/mol. The van der Waals surface area contributed by atoms with Gasteiger partial charge in [-0.2, -0.15) is 0 Å². The molecule has 1 aliphatic heterocycles. The summed E-state index contributed by atoms with van der Waals surface area (Å²) >= 11 is 0. The van der Waals surface area contributed by atoms with E-state index >= 15 is 0 Å². The smallest absolute Gasteiger partial charge is 0.256 e. The molecule has 1 aliphatic rings. The maximum Gasteiger partial charge on any atom is 0.256 e. The highest BCUT2D eigenvalue weighted by Crippen LogP contribution is 2.44. The van der Waals surface area contributed by atoms with Crippen molar-refractivity contribution in [1.82, 2.24) is 5.32 Å². The number of nitrogens with two attached hydrogens (primary N) is 1. The van der Waals surface area contributed by atoms with E-state index in [2.05, 4.69) is 5.32 Å². The lowest BCUT2D eigenvalue weighted by Crippen LogP contribution is -2.50. The van der Waals surface area contributed by atoms with Gasteiger partial charge in [-0.25, -0.2) is 4.90 Å². The fourth-order valence-corrected chi connectivity index (χ4v) is 4.38. The Morgan fingerprint density at radius 1 is 1.06 bits per heavy atom. The third kappa shape index (κ3) is 4.12. The molecule has 0 bridgehead atoms. The Labute approximate surface area is 198 Å². The summed E-state index contributed by atoms with van der Waals surface area (Å²) in [7, 11) is 1.54. The van der Waals surface area contributed by atoms with Crippen molar-refractivity contribution in [3.05, 3.63) is 77.9 Å². The van der Waals surface area contributed by atoms with Crippen LogP contribution in [0, 0.1) is 0 Å². The van der Waals surface area contributed by atoms with Crippen molar-refractivity contribution in [2.45, 2.75) is 32.2 Å². The van der Waals surface area contributed by atoms with E-state index in [0.717, 1.165) is 16.0 Å². The van der Waals surface area contributed by atoms with Gasteiger partial charge in [0.15, 0.2) is 0 Å². The monoisotopic (exact) mass is 457 g/mol. The fourth-order valence-electron chi connectivity index (χ4n) is 4.38. The first-order valence-corrected chi connectivity index (χ1v) is 11.1. The summed E-state index contributed by atoms with van der Waals surface area (Å²) in [4.78, 5) is 41.0. The van der Waals surface area contributed by atoms with Gasteiger partial charge in [0.05, 0.1) is 25.1 Å². The maximum atomic E-state index is 13.6. The summed E-state index contributed by atoms with van der Waals surface area (Å²) in [6, 6.07) is 19.0. The van der Waals surface area contributed by atoms with Crippen molar-refractivity contribution in [3.8, 4) is 16.9 Å². The van der Waals surface area contributed by atoms with Crippen LogP contribution in [0.2, 0.25) is 0 Å². The number of anilines is 2. The van der Waals surface area contributed by atoms with Crippen LogP contribution in [0.15, 0.2) is 66.7 Å². The first-order valence-electron chi connectivity index (χ1n) is 11.1. The number of para-hydroxylation sites is 1. The van der Waals surface area contributed by atoms with Gasteiger partial charge in [-0.1, -0.05) is 48.5 Å². The van der Waals surface area contributed by atoms with Crippen LogP contribution in [0.5, 0.6) is 5.75 Å². The molecule has 34 heavy (non-hydrogen) atoms. The van der Waals surface area contributed by atoms with Gasteiger partial charge in [-0.15, -0.1) is 0 Å². The first-order chi connectivity index (χ1) is 16.3. The molecule has 0 spiro atoms. The summed E-state index contributed by atoms with van der Waals surface area (Å²) in [5.74, 6) is -1.21. The molecule has 1 unspecified atom stereocenters. The summed E-state index contributed by atoms with van der Waals surface area (Å²) < 4.78 is 5.30. The van der Waals surface area contributed by atoms with Crippen LogP contribution >= 0.6 is 0 Å². The van der Waals surface area contributed by atoms with E-state index < -0.39 is 17.9 Å². The molecule has 2 atom stereocenters. The molecular formula is C27H27N3O4. The van der Waals surface area contributed by atoms with Gasteiger partial charge in [0.1, 0.15) is 11.8 Å². The molecule has 0 saturated heterocycles. The second kappa shape index (κ2) is 9.39. The molecule has 3 amide bonds. The number of amides is 3. The molecule has 4 rings (SSSR count). The number of benzene rings is 3. The lowest BCUT2D eigenvalue weighted by Gasteiger charge is -2.26. The van der Waals surface area contributed by atoms with E-state index in [1.807, 2.05) is 36.4 Å². The number of carbonyl (C=O) groups excluding carboxylic acids is 3. The van der Waals surface area contributed by atoms with Gasteiger partial charge in [-0.3, -0.25) is 14.4 Å². The minimum atomic E-state index is -0.936. The van der Waals surface area contributed by atoms with Crippen LogP contribution in [-0.4, -0.2) is 30.9 Å². The fraction of sp³-hybridized carbons (Fsp3) is 0.222. The summed E-state index contributed by atoms with van der Waals surface area (Å²) in [5.41, 5.74) is 10.2. The van der Waals surface area contributed by atoms with Crippen molar-refractivity contribution in [2.75, 3.05) is 17.7 Å². The lowest BCUT2D eigenvalue weighted by molar-refractivity contribution is -0.131. The second-order valence-corrected chi connectivity index (χ2v) is 8.34. The zero-order valence-corrected chi connectivity index (χ0v) is 19.4. The normalized spacial score (nSPS) is 15.6. The van der Waals surface area contributed by atoms with Crippen molar-refractivity contribution < 1.29 is 19.1 Å². The Kier molecular flexibility index (Phi) is 6.36. The third-order valence-corrected chi connectivity index (χ3v) is 6.11. The summed E-state index contributed by atoms with van der Waals surface area (Å²) in [6.45, 7) is 3.35. The highest BCUT2D eigenvalue weighted by molar-refractivity contribution is 6.22. The number of methoxy groups -OCH3 is 1. The SMILES string of the molecule is COc1ccccc1CC(=O)N[C@@H](C)C(=O)N1C(=O)C(C)c2ccccc2-c2c(N)cccc21. The number of nitrogen functional groups attached to an aromatic ring is 1. The van der Waals surface area contributed by atoms with Crippen LogP contribution in [0.3, 0.4) is 0 Å². The van der Waals surface area contributed by atoms with Crippen LogP contribution in [0.4, 0.5) is 11.4 Å². The molecule has 174 valence electrons. The van der Waals surface area contributed by atoms with Crippen molar-refractivity contribution >= 4 is 29.1 Å². The Hall–Kier alpha value is -4.13. The molecule has 3 N–H and O–H groups in total. The van der Waals surface area contributed by atoms with Crippen molar-refractivity contribution in [3.63, 3.8) is 0 Å². The number of ether oxygens (including phenoxy) is 1. The number of hydrogen-bond donors (Lipinski definition) is 2. The van der Waals surface area contributed by atoms with E-state index in [1.54, 1.807) is 44.2 Å². The van der Waals surface area contributed by atoms with Crippen molar-refractivity contribution in [1.29, 1.82) is 0 Å². The van der Waals surface area contributed by atoms with Crippen LogP contribution < -0.4 is 20.7 Å². The van der Waals surface area contributed by atoms with Crippen LogP contribution in [0.1, 0.15) is 30.9 Å². The van der Waals surface area contributed by atoms with Crippen molar-refractivity contribution in [2.24, 2.45) is 0 Å². The molecule has 3 aromatic carbocycles. The number of nitrogens with one attached hydrogen (secondary N) is 1. The summed E-state index contributed by atoms with van der Waals surface area (Å²) in [5, 5.41) is 2.73. The van der Waals surface area contributed by atoms with E-state index in [0.29, 0.717) is 28.3 Å². The van der Waals surface area contributed by atoms with Gasteiger partial charge >= 0.3 is 0 Å². The average molecular weight is 458 g/mol. The van der Waals surface area contributed by atoms with Gasteiger partial charge in [0.2, 0.25) is 11.8 Å². The maximum absolute atomic E-state index is 13.6. The van der Waals surface area contributed by atoms with E-state index in [9.17, 15) is 14.4 Å². The van der Waals surface area contributed by atoms with E-state index in [4.69, 9.17) is 10.5 Å². The predicted molar refractivity (Wildman–Crippen MR) is 132 cm³/mol. The standard InChI is InChI=1S/C27H27N3O4/c1-16-19-10-5-6-11-20(19)25-21(28)12-8-13-22(25)30(26(16)32)27(33)17(2)29-24(31)15-18-9-4-7-14-23(18)34-3/h4-14,16-17H,15,28H2,1-3H3,(H,29,31)/t16?,17-/m0/s1. The Balaban J connectivity index is 1.64. The third-order valence-electron chi connectivity index (χ3n) is 6.11. The first kappa shape index (κ1) is 23.0. The number of hydrogen-bond acceptors (Lipinski definition) is 5. The zero-order valence-electron chi connectivity index (χ0n) is 19.4. The average Bonchev–Trinajstić information content (AvgIpc) is 2.92. The topological polar surface area (TPSA) is 102 Å². The molecule has 7 nitrogen and oxygen atoms in total. The Morgan fingerprint density at radius 2 is 1.76 bits per heavy atom. The number of rotatable bonds is 5. The predicted octanol–water partition coefficient (Wildman–Crippen LogP) is 3.67. The number of imide groups is 1. The Bertz CT molecular complexity index is 1270.